The first-order valence-corrected chi connectivity index (χ1v) is 9.44. The van der Waals surface area contributed by atoms with Crippen molar-refractivity contribution in [2.75, 3.05) is 32.8 Å². The molecule has 1 aromatic rings. The third kappa shape index (κ3) is 4.64. The molecule has 0 radical (unpaired) electrons. The second-order valence-electron chi connectivity index (χ2n) is 6.88. The molecule has 4 nitrogen and oxygen atoms in total. The summed E-state index contributed by atoms with van der Waals surface area (Å²) in [5.74, 6) is 2.72. The van der Waals surface area contributed by atoms with Crippen molar-refractivity contribution in [1.82, 2.24) is 4.90 Å². The molecule has 0 aromatic heterocycles. The summed E-state index contributed by atoms with van der Waals surface area (Å²) in [7, 11) is 0. The summed E-state index contributed by atoms with van der Waals surface area (Å²) in [6.07, 6.45) is 2.44. The maximum absolute atomic E-state index is 6.17. The van der Waals surface area contributed by atoms with Gasteiger partial charge in [0.25, 0.3) is 0 Å². The highest BCUT2D eigenvalue weighted by molar-refractivity contribution is 5.44. The summed E-state index contributed by atoms with van der Waals surface area (Å²) in [5.41, 5.74) is 7.45. The van der Waals surface area contributed by atoms with Crippen LogP contribution in [-0.2, 0) is 0 Å². The van der Waals surface area contributed by atoms with Crippen molar-refractivity contribution in [3.8, 4) is 11.5 Å². The van der Waals surface area contributed by atoms with Gasteiger partial charge < -0.3 is 20.1 Å². The normalized spacial score (nSPS) is 17.9. The Bertz CT molecular complexity index is 496. The van der Waals surface area contributed by atoms with Crippen molar-refractivity contribution >= 4 is 0 Å². The van der Waals surface area contributed by atoms with Gasteiger partial charge >= 0.3 is 0 Å². The molecule has 2 N–H and O–H groups in total. The highest BCUT2D eigenvalue weighted by atomic mass is 16.5. The third-order valence-corrected chi connectivity index (χ3v) is 5.12. The van der Waals surface area contributed by atoms with Crippen molar-refractivity contribution in [1.29, 1.82) is 0 Å². The van der Waals surface area contributed by atoms with Gasteiger partial charge in [0.2, 0.25) is 0 Å². The minimum absolute atomic E-state index is 0.397. The molecule has 136 valence electrons. The minimum atomic E-state index is 0.397. The van der Waals surface area contributed by atoms with Gasteiger partial charge in [-0.25, -0.2) is 0 Å². The number of piperidine rings is 1. The van der Waals surface area contributed by atoms with Crippen molar-refractivity contribution in [2.24, 2.45) is 11.7 Å². The summed E-state index contributed by atoms with van der Waals surface area (Å²) >= 11 is 0. The molecular weight excluding hydrogens is 300 g/mol. The van der Waals surface area contributed by atoms with Gasteiger partial charge in [-0.1, -0.05) is 6.07 Å². The molecule has 1 aliphatic rings. The van der Waals surface area contributed by atoms with E-state index < -0.39 is 0 Å². The van der Waals surface area contributed by atoms with Crippen LogP contribution >= 0.6 is 0 Å². The van der Waals surface area contributed by atoms with Crippen molar-refractivity contribution < 1.29 is 9.47 Å². The lowest BCUT2D eigenvalue weighted by molar-refractivity contribution is 0.138. The fourth-order valence-corrected chi connectivity index (χ4v) is 3.74. The maximum atomic E-state index is 6.17. The van der Waals surface area contributed by atoms with Crippen LogP contribution in [0.2, 0.25) is 0 Å². The van der Waals surface area contributed by atoms with Crippen LogP contribution in [0.1, 0.15) is 52.0 Å². The Morgan fingerprint density at radius 1 is 1.08 bits per heavy atom. The summed E-state index contributed by atoms with van der Waals surface area (Å²) in [6, 6.07) is 6.98. The fraction of sp³-hybridized carbons (Fsp3) is 0.700. The molecule has 1 unspecified atom stereocenters. The van der Waals surface area contributed by atoms with Gasteiger partial charge in [-0.3, -0.25) is 0 Å². The third-order valence-electron chi connectivity index (χ3n) is 5.12. The molecule has 0 saturated carbocycles. The lowest BCUT2D eigenvalue weighted by Gasteiger charge is -2.38. The highest BCUT2D eigenvalue weighted by Crippen LogP contribution is 2.37. The van der Waals surface area contributed by atoms with E-state index >= 15 is 0 Å². The summed E-state index contributed by atoms with van der Waals surface area (Å²) in [4.78, 5) is 2.56. The first kappa shape index (κ1) is 19.1. The quantitative estimate of drug-likeness (QED) is 0.788. The maximum Gasteiger partial charge on any atom is 0.161 e. The molecular formula is C20H34N2O2. The van der Waals surface area contributed by atoms with E-state index in [-0.39, 0.29) is 0 Å². The standard InChI is InChI=1S/C20H34N2O2/c1-5-23-19-8-7-17(13-20(19)24-6-2)18(14-21)16-9-11-22(12-10-16)15(3)4/h7-8,13,15-16,18H,5-6,9-12,14,21H2,1-4H3. The molecule has 0 aliphatic carbocycles. The Morgan fingerprint density at radius 3 is 2.25 bits per heavy atom. The van der Waals surface area contributed by atoms with E-state index in [2.05, 4.69) is 30.9 Å². The Balaban J connectivity index is 2.14. The molecule has 4 heteroatoms. The van der Waals surface area contributed by atoms with E-state index in [0.29, 0.717) is 37.6 Å². The Hall–Kier alpha value is -1.26. The van der Waals surface area contributed by atoms with Crippen molar-refractivity contribution in [3.05, 3.63) is 23.8 Å². The molecule has 24 heavy (non-hydrogen) atoms. The van der Waals surface area contributed by atoms with Crippen LogP contribution < -0.4 is 15.2 Å². The molecule has 1 aromatic carbocycles. The topological polar surface area (TPSA) is 47.7 Å². The first-order valence-electron chi connectivity index (χ1n) is 9.44. The average molecular weight is 335 g/mol. The van der Waals surface area contributed by atoms with Crippen molar-refractivity contribution in [3.63, 3.8) is 0 Å². The van der Waals surface area contributed by atoms with Crippen molar-refractivity contribution in [2.45, 2.75) is 52.5 Å². The van der Waals surface area contributed by atoms with E-state index in [1.807, 2.05) is 19.9 Å². The zero-order chi connectivity index (χ0) is 17.5. The Labute approximate surface area is 147 Å². The van der Waals surface area contributed by atoms with Crippen LogP contribution in [0.25, 0.3) is 0 Å². The first-order chi connectivity index (χ1) is 11.6. The van der Waals surface area contributed by atoms with E-state index in [0.717, 1.165) is 11.5 Å². The molecule has 2 rings (SSSR count). The average Bonchev–Trinajstić information content (AvgIpc) is 2.58. The number of ether oxygens (including phenoxy) is 2. The number of likely N-dealkylation sites (tertiary alicyclic amines) is 1. The molecule has 0 spiro atoms. The molecule has 1 saturated heterocycles. The summed E-state index contributed by atoms with van der Waals surface area (Å²) in [6.45, 7) is 12.9. The van der Waals surface area contributed by atoms with E-state index in [4.69, 9.17) is 15.2 Å². The molecule has 0 bridgehead atoms. The van der Waals surface area contributed by atoms with Crippen LogP contribution in [0, 0.1) is 5.92 Å². The second kappa shape index (κ2) is 9.28. The van der Waals surface area contributed by atoms with Crippen LogP contribution in [-0.4, -0.2) is 43.8 Å². The van der Waals surface area contributed by atoms with Gasteiger partial charge in [0.15, 0.2) is 11.5 Å². The smallest absolute Gasteiger partial charge is 0.161 e. The zero-order valence-electron chi connectivity index (χ0n) is 15.8. The second-order valence-corrected chi connectivity index (χ2v) is 6.88. The number of nitrogens with zero attached hydrogens (tertiary/aromatic N) is 1. The van der Waals surface area contributed by atoms with E-state index in [9.17, 15) is 0 Å². The summed E-state index contributed by atoms with van der Waals surface area (Å²) in [5, 5.41) is 0. The Morgan fingerprint density at radius 2 is 1.71 bits per heavy atom. The number of hydrogen-bond acceptors (Lipinski definition) is 4. The van der Waals surface area contributed by atoms with Gasteiger partial charge in [0.1, 0.15) is 0 Å². The predicted molar refractivity (Wildman–Crippen MR) is 100 cm³/mol. The molecule has 1 heterocycles. The highest BCUT2D eigenvalue weighted by Gasteiger charge is 2.28. The van der Waals surface area contributed by atoms with Gasteiger partial charge in [0, 0.05) is 6.04 Å². The lowest BCUT2D eigenvalue weighted by atomic mass is 9.79. The Kier molecular flexibility index (Phi) is 7.38. The van der Waals surface area contributed by atoms with E-state index in [1.165, 1.54) is 31.5 Å². The van der Waals surface area contributed by atoms with Crippen LogP contribution in [0.15, 0.2) is 18.2 Å². The predicted octanol–water partition coefficient (Wildman–Crippen LogP) is 3.65. The van der Waals surface area contributed by atoms with Gasteiger partial charge in [-0.2, -0.15) is 0 Å². The number of benzene rings is 1. The SMILES string of the molecule is CCOc1ccc(C(CN)C2CCN(C(C)C)CC2)cc1OCC. The number of nitrogens with two attached hydrogens (primary N) is 1. The number of hydrogen-bond donors (Lipinski definition) is 1. The molecule has 1 aliphatic heterocycles. The van der Waals surface area contributed by atoms with Crippen LogP contribution in [0.4, 0.5) is 0 Å². The van der Waals surface area contributed by atoms with Gasteiger partial charge in [-0.05, 0) is 89.7 Å². The van der Waals surface area contributed by atoms with Crippen LogP contribution in [0.5, 0.6) is 11.5 Å². The van der Waals surface area contributed by atoms with Crippen LogP contribution in [0.3, 0.4) is 0 Å². The molecule has 0 amide bonds. The zero-order valence-corrected chi connectivity index (χ0v) is 15.8. The largest absolute Gasteiger partial charge is 0.490 e. The van der Waals surface area contributed by atoms with Gasteiger partial charge in [-0.15, -0.1) is 0 Å². The fourth-order valence-electron chi connectivity index (χ4n) is 3.74. The molecule has 1 fully saturated rings. The summed E-state index contributed by atoms with van der Waals surface area (Å²) < 4.78 is 11.5. The monoisotopic (exact) mass is 334 g/mol. The van der Waals surface area contributed by atoms with E-state index in [1.54, 1.807) is 0 Å². The lowest BCUT2D eigenvalue weighted by Crippen LogP contribution is -2.40. The van der Waals surface area contributed by atoms with Gasteiger partial charge in [0.05, 0.1) is 13.2 Å². The number of rotatable bonds is 8. The minimum Gasteiger partial charge on any atom is -0.490 e. The molecule has 1 atom stereocenters.